The minimum absolute atomic E-state index is 0.0513. The van der Waals surface area contributed by atoms with E-state index in [0.717, 1.165) is 37.1 Å². The summed E-state index contributed by atoms with van der Waals surface area (Å²) in [5.41, 5.74) is 2.13. The topological polar surface area (TPSA) is 59.4 Å². The van der Waals surface area contributed by atoms with E-state index in [9.17, 15) is 4.79 Å². The van der Waals surface area contributed by atoms with E-state index in [0.29, 0.717) is 13.1 Å². The molecule has 2 amide bonds. The molecule has 25 heavy (non-hydrogen) atoms. The zero-order valence-corrected chi connectivity index (χ0v) is 14.7. The Morgan fingerprint density at radius 3 is 2.96 bits per heavy atom. The van der Waals surface area contributed by atoms with Crippen LogP contribution in [0.15, 0.2) is 42.7 Å². The first-order chi connectivity index (χ1) is 12.2. The largest absolute Gasteiger partial charge is 0.376 e. The van der Waals surface area contributed by atoms with Crippen LogP contribution in [0.1, 0.15) is 24.8 Å². The normalized spacial score (nSPS) is 17.2. The fraction of sp³-hybridized carbons (Fsp3) is 0.474. The third-order valence-electron chi connectivity index (χ3n) is 4.44. The summed E-state index contributed by atoms with van der Waals surface area (Å²) in [7, 11) is 1.82. The van der Waals surface area contributed by atoms with Gasteiger partial charge in [0.25, 0.3) is 0 Å². The minimum atomic E-state index is -0.0513. The number of rotatable bonds is 6. The highest BCUT2D eigenvalue weighted by atomic mass is 16.5. The van der Waals surface area contributed by atoms with E-state index in [1.807, 2.05) is 54.5 Å². The number of hydrogen-bond acceptors (Lipinski definition) is 3. The van der Waals surface area contributed by atoms with Gasteiger partial charge in [-0.1, -0.05) is 18.2 Å². The Bertz CT molecular complexity index is 665. The van der Waals surface area contributed by atoms with E-state index in [1.165, 1.54) is 6.42 Å². The van der Waals surface area contributed by atoms with Crippen molar-refractivity contribution in [1.29, 1.82) is 0 Å². The van der Waals surface area contributed by atoms with Gasteiger partial charge in [-0.05, 0) is 43.4 Å². The third kappa shape index (κ3) is 5.06. The summed E-state index contributed by atoms with van der Waals surface area (Å²) >= 11 is 0. The van der Waals surface area contributed by atoms with Crippen molar-refractivity contribution < 1.29 is 9.53 Å². The molecule has 1 unspecified atom stereocenters. The lowest BCUT2D eigenvalue weighted by atomic mass is 10.1. The van der Waals surface area contributed by atoms with Crippen LogP contribution in [0.5, 0.6) is 0 Å². The van der Waals surface area contributed by atoms with Crippen LogP contribution in [0.2, 0.25) is 0 Å². The van der Waals surface area contributed by atoms with Gasteiger partial charge in [-0.3, -0.25) is 0 Å². The van der Waals surface area contributed by atoms with Crippen molar-refractivity contribution in [3.8, 4) is 5.69 Å². The Kier molecular flexibility index (Phi) is 6.06. The van der Waals surface area contributed by atoms with Crippen LogP contribution >= 0.6 is 0 Å². The maximum absolute atomic E-state index is 12.2. The highest BCUT2D eigenvalue weighted by Gasteiger charge is 2.18. The van der Waals surface area contributed by atoms with Gasteiger partial charge in [0.05, 0.1) is 18.0 Å². The summed E-state index contributed by atoms with van der Waals surface area (Å²) in [6.45, 7) is 2.05. The first-order valence-corrected chi connectivity index (χ1v) is 8.92. The molecule has 1 saturated heterocycles. The number of carbonyl (C=O) groups is 1. The second-order valence-corrected chi connectivity index (χ2v) is 6.48. The maximum atomic E-state index is 12.2. The van der Waals surface area contributed by atoms with Crippen LogP contribution in [0.25, 0.3) is 5.69 Å². The van der Waals surface area contributed by atoms with Crippen LogP contribution in [-0.2, 0) is 11.2 Å². The van der Waals surface area contributed by atoms with Crippen molar-refractivity contribution in [2.24, 2.45) is 0 Å². The second-order valence-electron chi connectivity index (χ2n) is 6.48. The fourth-order valence-corrected chi connectivity index (χ4v) is 3.00. The Morgan fingerprint density at radius 1 is 1.36 bits per heavy atom. The number of nitrogens with zero attached hydrogens (tertiary/aromatic N) is 3. The molecule has 134 valence electrons. The van der Waals surface area contributed by atoms with Gasteiger partial charge in [-0.25, -0.2) is 9.48 Å². The Hall–Kier alpha value is -2.34. The lowest BCUT2D eigenvalue weighted by molar-refractivity contribution is 0.00388. The monoisotopic (exact) mass is 342 g/mol. The zero-order chi connectivity index (χ0) is 17.5. The van der Waals surface area contributed by atoms with Crippen molar-refractivity contribution >= 4 is 6.03 Å². The predicted molar refractivity (Wildman–Crippen MR) is 96.9 cm³/mol. The molecule has 0 saturated carbocycles. The molecule has 1 aromatic heterocycles. The predicted octanol–water partition coefficient (Wildman–Crippen LogP) is 2.63. The summed E-state index contributed by atoms with van der Waals surface area (Å²) in [6, 6.07) is 9.94. The van der Waals surface area contributed by atoms with Gasteiger partial charge < -0.3 is 15.0 Å². The molecule has 0 radical (unpaired) electrons. The van der Waals surface area contributed by atoms with Gasteiger partial charge in [-0.15, -0.1) is 0 Å². The van der Waals surface area contributed by atoms with Crippen LogP contribution in [0.4, 0.5) is 4.79 Å². The zero-order valence-electron chi connectivity index (χ0n) is 14.7. The molecule has 1 aromatic carbocycles. The molecule has 0 spiro atoms. The molecular formula is C19H26N4O2. The van der Waals surface area contributed by atoms with Crippen molar-refractivity contribution in [2.75, 3.05) is 26.7 Å². The van der Waals surface area contributed by atoms with Crippen LogP contribution < -0.4 is 5.32 Å². The summed E-state index contributed by atoms with van der Waals surface area (Å²) in [5.74, 6) is 0. The van der Waals surface area contributed by atoms with Crippen LogP contribution in [0.3, 0.4) is 0 Å². The molecule has 1 N–H and O–H groups in total. The van der Waals surface area contributed by atoms with Crippen LogP contribution in [-0.4, -0.2) is 53.6 Å². The average Bonchev–Trinajstić information content (AvgIpc) is 3.12. The minimum Gasteiger partial charge on any atom is -0.376 e. The summed E-state index contributed by atoms with van der Waals surface area (Å²) < 4.78 is 7.54. The number of benzene rings is 1. The van der Waals surface area contributed by atoms with Crippen molar-refractivity contribution in [3.63, 3.8) is 0 Å². The van der Waals surface area contributed by atoms with E-state index < -0.39 is 0 Å². The number of carbonyl (C=O) groups excluding carboxylic acids is 1. The van der Waals surface area contributed by atoms with Gasteiger partial charge in [0.2, 0.25) is 0 Å². The quantitative estimate of drug-likeness (QED) is 0.878. The average molecular weight is 342 g/mol. The van der Waals surface area contributed by atoms with Gasteiger partial charge in [0.1, 0.15) is 0 Å². The SMILES string of the molecule is CN(CC1CCCCO1)C(=O)NCCc1cnn(-c2ccccc2)c1. The molecular weight excluding hydrogens is 316 g/mol. The highest BCUT2D eigenvalue weighted by Crippen LogP contribution is 2.13. The summed E-state index contributed by atoms with van der Waals surface area (Å²) in [4.78, 5) is 13.9. The number of amides is 2. The lowest BCUT2D eigenvalue weighted by Gasteiger charge is -2.27. The summed E-state index contributed by atoms with van der Waals surface area (Å²) in [5, 5.41) is 7.34. The van der Waals surface area contributed by atoms with E-state index in [2.05, 4.69) is 10.4 Å². The lowest BCUT2D eigenvalue weighted by Crippen LogP contribution is -2.43. The smallest absolute Gasteiger partial charge is 0.317 e. The molecule has 1 atom stereocenters. The molecule has 0 bridgehead atoms. The number of urea groups is 1. The number of likely N-dealkylation sites (N-methyl/N-ethyl adjacent to an activating group) is 1. The Balaban J connectivity index is 1.41. The van der Waals surface area contributed by atoms with Crippen LogP contribution in [0, 0.1) is 0 Å². The van der Waals surface area contributed by atoms with E-state index in [-0.39, 0.29) is 12.1 Å². The first kappa shape index (κ1) is 17.5. The van der Waals surface area contributed by atoms with Gasteiger partial charge in [-0.2, -0.15) is 5.10 Å². The van der Waals surface area contributed by atoms with E-state index >= 15 is 0 Å². The molecule has 2 aromatic rings. The Morgan fingerprint density at radius 2 is 2.20 bits per heavy atom. The van der Waals surface area contributed by atoms with E-state index in [1.54, 1.807) is 4.90 Å². The molecule has 1 aliphatic rings. The highest BCUT2D eigenvalue weighted by molar-refractivity contribution is 5.73. The van der Waals surface area contributed by atoms with Gasteiger partial charge >= 0.3 is 6.03 Å². The number of aromatic nitrogens is 2. The summed E-state index contributed by atoms with van der Waals surface area (Å²) in [6.07, 6.45) is 8.13. The molecule has 1 fully saturated rings. The molecule has 6 nitrogen and oxygen atoms in total. The number of hydrogen-bond donors (Lipinski definition) is 1. The first-order valence-electron chi connectivity index (χ1n) is 8.92. The van der Waals surface area contributed by atoms with Crippen molar-refractivity contribution in [3.05, 3.63) is 48.3 Å². The fourth-order valence-electron chi connectivity index (χ4n) is 3.00. The third-order valence-corrected chi connectivity index (χ3v) is 4.44. The number of ether oxygens (including phenoxy) is 1. The standard InChI is InChI=1S/C19H26N4O2/c1-22(15-18-9-5-6-12-25-18)19(24)20-11-10-16-13-21-23(14-16)17-7-3-2-4-8-17/h2-4,7-8,13-14,18H,5-6,9-12,15H2,1H3,(H,20,24). The van der Waals surface area contributed by atoms with E-state index in [4.69, 9.17) is 4.74 Å². The second kappa shape index (κ2) is 8.67. The van der Waals surface area contributed by atoms with Crippen molar-refractivity contribution in [1.82, 2.24) is 20.0 Å². The maximum Gasteiger partial charge on any atom is 0.317 e. The van der Waals surface area contributed by atoms with Gasteiger partial charge in [0.15, 0.2) is 0 Å². The van der Waals surface area contributed by atoms with Crippen molar-refractivity contribution in [2.45, 2.75) is 31.8 Å². The molecule has 1 aliphatic heterocycles. The number of para-hydroxylation sites is 1. The van der Waals surface area contributed by atoms with Gasteiger partial charge in [0, 0.05) is 32.9 Å². The molecule has 0 aliphatic carbocycles. The molecule has 3 rings (SSSR count). The molecule has 6 heteroatoms. The Labute approximate surface area is 148 Å². The molecule has 2 heterocycles. The number of nitrogens with one attached hydrogen (secondary N) is 1.